The molecule has 7 nitrogen and oxygen atoms in total. The number of carbonyl (C=O) groups excluding carboxylic acids is 2. The van der Waals surface area contributed by atoms with Gasteiger partial charge in [-0.1, -0.05) is 62.4 Å². The number of fused-ring (bicyclic) bond motifs is 3. The van der Waals surface area contributed by atoms with Crippen LogP contribution in [-0.4, -0.2) is 41.8 Å². The Kier molecular flexibility index (Phi) is 6.95. The average molecular weight is 424 g/mol. The van der Waals surface area contributed by atoms with E-state index in [-0.39, 0.29) is 24.9 Å². The molecule has 2 atom stereocenters. The molecule has 0 saturated carbocycles. The fraction of sp³-hybridized carbons (Fsp3) is 0.375. The number of hydrogen-bond acceptors (Lipinski definition) is 4. The van der Waals surface area contributed by atoms with E-state index in [2.05, 4.69) is 22.8 Å². The van der Waals surface area contributed by atoms with Crippen molar-refractivity contribution in [3.05, 3.63) is 59.7 Å². The third-order valence-electron chi connectivity index (χ3n) is 5.60. The number of carbonyl (C=O) groups is 3. The lowest BCUT2D eigenvalue weighted by molar-refractivity contribution is -0.138. The molecule has 3 rings (SSSR count). The Morgan fingerprint density at radius 3 is 2.00 bits per heavy atom. The summed E-state index contributed by atoms with van der Waals surface area (Å²) >= 11 is 0. The maximum atomic E-state index is 12.4. The van der Waals surface area contributed by atoms with Crippen molar-refractivity contribution in [2.75, 3.05) is 6.61 Å². The lowest BCUT2D eigenvalue weighted by Gasteiger charge is -2.23. The molecule has 1 unspecified atom stereocenters. The van der Waals surface area contributed by atoms with Crippen LogP contribution in [0.15, 0.2) is 48.5 Å². The molecular weight excluding hydrogens is 396 g/mol. The average Bonchev–Trinajstić information content (AvgIpc) is 3.05. The summed E-state index contributed by atoms with van der Waals surface area (Å²) < 4.78 is 5.45. The summed E-state index contributed by atoms with van der Waals surface area (Å²) in [6, 6.07) is 14.7. The van der Waals surface area contributed by atoms with Crippen LogP contribution < -0.4 is 10.6 Å². The minimum absolute atomic E-state index is 0.0540. The Bertz CT molecular complexity index is 926. The highest BCUT2D eigenvalue weighted by Crippen LogP contribution is 2.44. The van der Waals surface area contributed by atoms with Gasteiger partial charge >= 0.3 is 12.1 Å². The number of amides is 2. The number of carboxylic acids is 1. The summed E-state index contributed by atoms with van der Waals surface area (Å²) in [5.74, 6) is -1.56. The summed E-state index contributed by atoms with van der Waals surface area (Å²) in [4.78, 5) is 35.7. The van der Waals surface area contributed by atoms with Crippen LogP contribution in [0, 0.1) is 5.92 Å². The molecule has 3 N–H and O–H groups in total. The monoisotopic (exact) mass is 424 g/mol. The smallest absolute Gasteiger partial charge is 0.407 e. The molecule has 0 radical (unpaired) electrons. The molecule has 0 saturated heterocycles. The topological polar surface area (TPSA) is 105 Å². The molecule has 1 aliphatic carbocycles. The Labute approximate surface area is 181 Å². The molecule has 164 valence electrons. The van der Waals surface area contributed by atoms with Gasteiger partial charge in [-0.25, -0.2) is 4.79 Å². The van der Waals surface area contributed by atoms with E-state index in [0.717, 1.165) is 22.3 Å². The minimum Gasteiger partial charge on any atom is -0.481 e. The van der Waals surface area contributed by atoms with Gasteiger partial charge in [-0.2, -0.15) is 0 Å². The van der Waals surface area contributed by atoms with Crippen LogP contribution in [0.25, 0.3) is 11.1 Å². The van der Waals surface area contributed by atoms with Crippen LogP contribution in [0.2, 0.25) is 0 Å². The molecular formula is C24H28N2O5. The van der Waals surface area contributed by atoms with E-state index in [1.807, 2.05) is 50.2 Å². The van der Waals surface area contributed by atoms with E-state index in [4.69, 9.17) is 9.84 Å². The van der Waals surface area contributed by atoms with E-state index in [0.29, 0.717) is 0 Å². The van der Waals surface area contributed by atoms with Crippen molar-refractivity contribution in [2.45, 2.75) is 45.2 Å². The van der Waals surface area contributed by atoms with Crippen LogP contribution in [0.4, 0.5) is 4.79 Å². The molecule has 1 aliphatic rings. The van der Waals surface area contributed by atoms with Gasteiger partial charge in [0.15, 0.2) is 0 Å². The van der Waals surface area contributed by atoms with Gasteiger partial charge in [0.1, 0.15) is 12.6 Å². The molecule has 0 aliphatic heterocycles. The van der Waals surface area contributed by atoms with Gasteiger partial charge < -0.3 is 20.5 Å². The van der Waals surface area contributed by atoms with Crippen molar-refractivity contribution < 1.29 is 24.2 Å². The lowest BCUT2D eigenvalue weighted by Crippen LogP contribution is -2.50. The summed E-state index contributed by atoms with van der Waals surface area (Å²) in [6.45, 7) is 5.35. The van der Waals surface area contributed by atoms with Gasteiger partial charge in [-0.05, 0) is 35.1 Å². The Morgan fingerprint density at radius 2 is 1.48 bits per heavy atom. The van der Waals surface area contributed by atoms with Crippen LogP contribution in [0.3, 0.4) is 0 Å². The highest BCUT2D eigenvalue weighted by Gasteiger charge is 2.29. The first-order valence-corrected chi connectivity index (χ1v) is 10.4. The zero-order chi connectivity index (χ0) is 22.5. The van der Waals surface area contributed by atoms with E-state index < -0.39 is 30.1 Å². The molecule has 0 fully saturated rings. The molecule has 0 aromatic heterocycles. The van der Waals surface area contributed by atoms with E-state index in [1.165, 1.54) is 6.92 Å². The number of hydrogen-bond donors (Lipinski definition) is 3. The molecule has 0 bridgehead atoms. The van der Waals surface area contributed by atoms with Crippen LogP contribution in [0.1, 0.15) is 44.2 Å². The SMILES string of the molecule is CC(C)C(CC(=O)O)NC(=O)[C@H](C)NC(=O)OCC1c2ccccc2-c2ccccc21. The molecule has 0 spiro atoms. The van der Waals surface area contributed by atoms with Crippen LogP contribution >= 0.6 is 0 Å². The zero-order valence-electron chi connectivity index (χ0n) is 17.9. The predicted octanol–water partition coefficient (Wildman–Crippen LogP) is 3.53. The Hall–Kier alpha value is -3.35. The summed E-state index contributed by atoms with van der Waals surface area (Å²) in [7, 11) is 0. The maximum absolute atomic E-state index is 12.4. The number of carboxylic acid groups (broad SMARTS) is 1. The Morgan fingerprint density at radius 1 is 0.935 bits per heavy atom. The number of ether oxygens (including phenoxy) is 1. The fourth-order valence-electron chi connectivity index (χ4n) is 3.83. The molecule has 2 aromatic carbocycles. The van der Waals surface area contributed by atoms with Crippen molar-refractivity contribution in [2.24, 2.45) is 5.92 Å². The van der Waals surface area contributed by atoms with Crippen LogP contribution in [0.5, 0.6) is 0 Å². The predicted molar refractivity (Wildman–Crippen MR) is 117 cm³/mol. The highest BCUT2D eigenvalue weighted by atomic mass is 16.5. The largest absolute Gasteiger partial charge is 0.481 e. The number of alkyl carbamates (subject to hydrolysis) is 1. The second-order valence-electron chi connectivity index (χ2n) is 8.15. The normalized spacial score (nSPS) is 14.3. The molecule has 0 heterocycles. The second kappa shape index (κ2) is 9.64. The van der Waals surface area contributed by atoms with Gasteiger partial charge in [-0.15, -0.1) is 0 Å². The number of aliphatic carboxylic acids is 1. The van der Waals surface area contributed by atoms with Crippen molar-refractivity contribution in [1.82, 2.24) is 10.6 Å². The van der Waals surface area contributed by atoms with Crippen molar-refractivity contribution in [1.29, 1.82) is 0 Å². The van der Waals surface area contributed by atoms with Crippen LogP contribution in [-0.2, 0) is 14.3 Å². The first kappa shape index (κ1) is 22.3. The molecule has 7 heteroatoms. The van der Waals surface area contributed by atoms with Crippen molar-refractivity contribution >= 4 is 18.0 Å². The number of nitrogens with one attached hydrogen (secondary N) is 2. The summed E-state index contributed by atoms with van der Waals surface area (Å²) in [5, 5.41) is 14.2. The van der Waals surface area contributed by atoms with Gasteiger partial charge in [0, 0.05) is 12.0 Å². The van der Waals surface area contributed by atoms with Gasteiger partial charge in [0.05, 0.1) is 6.42 Å². The molecule has 31 heavy (non-hydrogen) atoms. The quantitative estimate of drug-likeness (QED) is 0.601. The first-order valence-electron chi connectivity index (χ1n) is 10.4. The van der Waals surface area contributed by atoms with Gasteiger partial charge in [-0.3, -0.25) is 9.59 Å². The maximum Gasteiger partial charge on any atom is 0.407 e. The Balaban J connectivity index is 1.58. The summed E-state index contributed by atoms with van der Waals surface area (Å²) in [6.07, 6.45) is -0.870. The highest BCUT2D eigenvalue weighted by molar-refractivity contribution is 5.86. The van der Waals surface area contributed by atoms with E-state index in [9.17, 15) is 14.4 Å². The standard InChI is InChI=1S/C24H28N2O5/c1-14(2)21(12-22(27)28)26-23(29)15(3)25-24(30)31-13-20-18-10-6-4-8-16(18)17-9-5-7-11-19(17)20/h4-11,14-15,20-21H,12-13H2,1-3H3,(H,25,30)(H,26,29)(H,27,28)/t15-,21?/m0/s1. The van der Waals surface area contributed by atoms with Gasteiger partial charge in [0.2, 0.25) is 5.91 Å². The fourth-order valence-corrected chi connectivity index (χ4v) is 3.83. The third-order valence-corrected chi connectivity index (χ3v) is 5.60. The zero-order valence-corrected chi connectivity index (χ0v) is 17.9. The summed E-state index contributed by atoms with van der Waals surface area (Å²) in [5.41, 5.74) is 4.49. The minimum atomic E-state index is -0.990. The lowest BCUT2D eigenvalue weighted by atomic mass is 9.98. The first-order chi connectivity index (χ1) is 14.8. The molecule has 2 aromatic rings. The third kappa shape index (κ3) is 5.23. The number of rotatable bonds is 8. The van der Waals surface area contributed by atoms with E-state index >= 15 is 0 Å². The van der Waals surface area contributed by atoms with Crippen molar-refractivity contribution in [3.63, 3.8) is 0 Å². The number of benzene rings is 2. The van der Waals surface area contributed by atoms with E-state index in [1.54, 1.807) is 0 Å². The molecule has 2 amide bonds. The van der Waals surface area contributed by atoms with Crippen molar-refractivity contribution in [3.8, 4) is 11.1 Å². The second-order valence-corrected chi connectivity index (χ2v) is 8.15. The van der Waals surface area contributed by atoms with Gasteiger partial charge in [0.25, 0.3) is 0 Å².